The summed E-state index contributed by atoms with van der Waals surface area (Å²) in [4.78, 5) is 15.1. The second-order valence-electron chi connectivity index (χ2n) is 5.50. The Hall–Kier alpha value is -0.660. The summed E-state index contributed by atoms with van der Waals surface area (Å²) in [5, 5.41) is 8.98. The second kappa shape index (κ2) is 5.76. The molecule has 2 atom stereocenters. The first-order valence-corrected chi connectivity index (χ1v) is 8.62. The Balaban J connectivity index is 1.88. The van der Waals surface area contributed by atoms with Crippen LogP contribution in [0, 0.1) is 0 Å². The second-order valence-corrected chi connectivity index (χ2v) is 7.73. The summed E-state index contributed by atoms with van der Waals surface area (Å²) < 4.78 is 23.3. The minimum absolute atomic E-state index is 0.126. The van der Waals surface area contributed by atoms with E-state index in [4.69, 9.17) is 5.11 Å². The van der Waals surface area contributed by atoms with Crippen LogP contribution in [-0.2, 0) is 14.6 Å². The average Bonchev–Trinajstić information content (AvgIpc) is 2.37. The Bertz CT molecular complexity index is 429. The molecule has 0 saturated carbocycles. The summed E-state index contributed by atoms with van der Waals surface area (Å²) in [7, 11) is -2.87. The van der Waals surface area contributed by atoms with E-state index in [1.165, 1.54) is 0 Å². The van der Waals surface area contributed by atoms with E-state index in [0.717, 1.165) is 25.9 Å². The molecule has 2 fully saturated rings. The Morgan fingerprint density at radius 2 is 1.89 bits per heavy atom. The van der Waals surface area contributed by atoms with Gasteiger partial charge in [-0.3, -0.25) is 14.6 Å². The van der Waals surface area contributed by atoms with Gasteiger partial charge in [-0.15, -0.1) is 0 Å². The third kappa shape index (κ3) is 3.67. The molecule has 0 bridgehead atoms. The Labute approximate surface area is 114 Å². The van der Waals surface area contributed by atoms with Gasteiger partial charge in [0, 0.05) is 32.2 Å². The molecule has 2 saturated heterocycles. The van der Waals surface area contributed by atoms with Crippen molar-refractivity contribution in [2.24, 2.45) is 0 Å². The molecule has 2 rings (SSSR count). The summed E-state index contributed by atoms with van der Waals surface area (Å²) in [6.07, 6.45) is 1.69. The maximum atomic E-state index is 11.7. The molecule has 0 aromatic heterocycles. The summed E-state index contributed by atoms with van der Waals surface area (Å²) in [5.74, 6) is -0.213. The van der Waals surface area contributed by atoms with Crippen LogP contribution in [-0.4, -0.2) is 79.1 Å². The minimum Gasteiger partial charge on any atom is -0.480 e. The van der Waals surface area contributed by atoms with Gasteiger partial charge in [-0.2, -0.15) is 0 Å². The van der Waals surface area contributed by atoms with E-state index in [1.54, 1.807) is 6.92 Å². The lowest BCUT2D eigenvalue weighted by molar-refractivity contribution is -0.143. The number of sulfone groups is 1. The van der Waals surface area contributed by atoms with E-state index < -0.39 is 21.8 Å². The highest BCUT2D eigenvalue weighted by Gasteiger charge is 2.32. The number of carboxylic acids is 1. The maximum Gasteiger partial charge on any atom is 0.320 e. The molecular weight excluding hydrogens is 268 g/mol. The van der Waals surface area contributed by atoms with Crippen molar-refractivity contribution in [3.8, 4) is 0 Å². The summed E-state index contributed by atoms with van der Waals surface area (Å²) in [5.41, 5.74) is 0. The fourth-order valence-electron chi connectivity index (χ4n) is 2.93. The zero-order chi connectivity index (χ0) is 14.0. The number of hydrogen-bond donors (Lipinski definition) is 1. The van der Waals surface area contributed by atoms with Gasteiger partial charge in [-0.25, -0.2) is 8.42 Å². The summed E-state index contributed by atoms with van der Waals surface area (Å²) >= 11 is 0. The van der Waals surface area contributed by atoms with Crippen LogP contribution in [0.2, 0.25) is 0 Å². The van der Waals surface area contributed by atoms with Gasteiger partial charge in [0.05, 0.1) is 11.5 Å². The highest BCUT2D eigenvalue weighted by atomic mass is 32.2. The van der Waals surface area contributed by atoms with E-state index in [-0.39, 0.29) is 11.8 Å². The van der Waals surface area contributed by atoms with Gasteiger partial charge in [0.2, 0.25) is 0 Å². The highest BCUT2D eigenvalue weighted by Crippen LogP contribution is 2.19. The van der Waals surface area contributed by atoms with Crippen molar-refractivity contribution in [2.75, 3.05) is 37.7 Å². The van der Waals surface area contributed by atoms with E-state index >= 15 is 0 Å². The first-order chi connectivity index (χ1) is 8.89. The monoisotopic (exact) mass is 290 g/mol. The third-order valence-corrected chi connectivity index (χ3v) is 6.01. The van der Waals surface area contributed by atoms with Crippen molar-refractivity contribution in [3.63, 3.8) is 0 Å². The molecule has 2 unspecified atom stereocenters. The molecule has 0 aliphatic carbocycles. The van der Waals surface area contributed by atoms with Gasteiger partial charge in [-0.05, 0) is 19.8 Å². The Morgan fingerprint density at radius 1 is 1.26 bits per heavy atom. The molecule has 110 valence electrons. The van der Waals surface area contributed by atoms with Gasteiger partial charge in [-0.1, -0.05) is 0 Å². The quantitative estimate of drug-likeness (QED) is 0.766. The lowest BCUT2D eigenvalue weighted by atomic mass is 10.1. The number of piperazine rings is 1. The van der Waals surface area contributed by atoms with Crippen molar-refractivity contribution in [3.05, 3.63) is 0 Å². The smallest absolute Gasteiger partial charge is 0.320 e. The molecule has 2 aliphatic rings. The maximum absolute atomic E-state index is 11.7. The van der Waals surface area contributed by atoms with E-state index in [9.17, 15) is 13.2 Å². The van der Waals surface area contributed by atoms with Crippen LogP contribution >= 0.6 is 0 Å². The Morgan fingerprint density at radius 3 is 2.42 bits per heavy atom. The number of carbonyl (C=O) groups is 1. The largest absolute Gasteiger partial charge is 0.480 e. The molecule has 19 heavy (non-hydrogen) atoms. The van der Waals surface area contributed by atoms with E-state index in [0.29, 0.717) is 18.8 Å². The van der Waals surface area contributed by atoms with E-state index in [2.05, 4.69) is 4.90 Å². The molecular formula is C12H22N2O4S. The molecule has 0 radical (unpaired) electrons. The number of rotatable bonds is 3. The zero-order valence-corrected chi connectivity index (χ0v) is 12.1. The third-order valence-electron chi connectivity index (χ3n) is 4.21. The Kier molecular flexibility index (Phi) is 4.47. The lowest BCUT2D eigenvalue weighted by Crippen LogP contribution is -2.56. The van der Waals surface area contributed by atoms with E-state index in [1.807, 2.05) is 4.90 Å². The van der Waals surface area contributed by atoms with Crippen LogP contribution in [0.3, 0.4) is 0 Å². The molecule has 0 aromatic carbocycles. The topological polar surface area (TPSA) is 77.9 Å². The fraction of sp³-hybridized carbons (Fsp3) is 0.917. The predicted molar refractivity (Wildman–Crippen MR) is 71.9 cm³/mol. The van der Waals surface area contributed by atoms with Gasteiger partial charge in [0.15, 0.2) is 9.84 Å². The minimum atomic E-state index is -2.87. The number of nitrogens with zero attached hydrogens (tertiary/aromatic N) is 2. The van der Waals surface area contributed by atoms with Crippen LogP contribution in [0.15, 0.2) is 0 Å². The van der Waals surface area contributed by atoms with Crippen molar-refractivity contribution < 1.29 is 18.3 Å². The standard InChI is InChI=1S/C12H22N2O4S/c1-10(12(15)16)13-4-6-14(7-5-13)11-3-2-8-19(17,18)9-11/h10-11H,2-9H2,1H3,(H,15,16). The molecule has 0 spiro atoms. The van der Waals surface area contributed by atoms with Crippen LogP contribution < -0.4 is 0 Å². The molecule has 0 amide bonds. The van der Waals surface area contributed by atoms with Crippen LogP contribution in [0.25, 0.3) is 0 Å². The molecule has 2 heterocycles. The van der Waals surface area contributed by atoms with Gasteiger partial charge in [0.1, 0.15) is 6.04 Å². The van der Waals surface area contributed by atoms with Crippen LogP contribution in [0.5, 0.6) is 0 Å². The molecule has 0 aromatic rings. The fourth-order valence-corrected chi connectivity index (χ4v) is 4.67. The van der Waals surface area contributed by atoms with Gasteiger partial charge < -0.3 is 5.11 Å². The first kappa shape index (κ1) is 14.7. The zero-order valence-electron chi connectivity index (χ0n) is 11.3. The van der Waals surface area contributed by atoms with Crippen LogP contribution in [0.4, 0.5) is 0 Å². The highest BCUT2D eigenvalue weighted by molar-refractivity contribution is 7.91. The van der Waals surface area contributed by atoms with Gasteiger partial charge in [0.25, 0.3) is 0 Å². The molecule has 2 aliphatic heterocycles. The average molecular weight is 290 g/mol. The van der Waals surface area contributed by atoms with Crippen molar-refractivity contribution in [1.82, 2.24) is 9.80 Å². The first-order valence-electron chi connectivity index (χ1n) is 6.80. The van der Waals surface area contributed by atoms with Crippen molar-refractivity contribution >= 4 is 15.8 Å². The molecule has 1 N–H and O–H groups in total. The lowest BCUT2D eigenvalue weighted by Gasteiger charge is -2.41. The number of aliphatic carboxylic acids is 1. The molecule has 7 heteroatoms. The molecule has 6 nitrogen and oxygen atoms in total. The van der Waals surface area contributed by atoms with Gasteiger partial charge >= 0.3 is 5.97 Å². The SMILES string of the molecule is CC(C(=O)O)N1CCN(C2CCCS(=O)(=O)C2)CC1. The van der Waals surface area contributed by atoms with Crippen molar-refractivity contribution in [1.29, 1.82) is 0 Å². The normalized spacial score (nSPS) is 30.9. The summed E-state index contributed by atoms with van der Waals surface area (Å²) in [6.45, 7) is 4.62. The van der Waals surface area contributed by atoms with Crippen molar-refractivity contribution in [2.45, 2.75) is 31.8 Å². The predicted octanol–water partition coefficient (Wildman–Crippen LogP) is -0.346. The summed E-state index contributed by atoms with van der Waals surface area (Å²) in [6, 6.07) is -0.335. The van der Waals surface area contributed by atoms with Crippen LogP contribution in [0.1, 0.15) is 19.8 Å². The number of hydrogen-bond acceptors (Lipinski definition) is 5. The number of carboxylic acid groups (broad SMARTS) is 1.